The highest BCUT2D eigenvalue weighted by molar-refractivity contribution is 5.79. The van der Waals surface area contributed by atoms with Gasteiger partial charge in [-0.25, -0.2) is 10.2 Å². The van der Waals surface area contributed by atoms with Crippen molar-refractivity contribution in [3.63, 3.8) is 0 Å². The Hall–Kier alpha value is -8.31. The van der Waals surface area contributed by atoms with Gasteiger partial charge in [0.05, 0.1) is 5.69 Å². The molecule has 0 aliphatic heterocycles. The summed E-state index contributed by atoms with van der Waals surface area (Å²) >= 11 is 0. The second-order valence-corrected chi connectivity index (χ2v) is 9.28. The molecule has 0 aromatic heterocycles. The lowest BCUT2D eigenvalue weighted by Gasteiger charge is -2.15. The van der Waals surface area contributed by atoms with Gasteiger partial charge in [0.25, 0.3) is 0 Å². The molecule has 5 heteroatoms. The van der Waals surface area contributed by atoms with E-state index in [9.17, 15) is 4.79 Å². The summed E-state index contributed by atoms with van der Waals surface area (Å²) in [5, 5.41) is 0. The summed E-state index contributed by atoms with van der Waals surface area (Å²) < 4.78 is 11.1. The maximum absolute atomic E-state index is 12.5. The van der Waals surface area contributed by atoms with Gasteiger partial charge in [0.1, 0.15) is 18.5 Å². The van der Waals surface area contributed by atoms with Crippen molar-refractivity contribution in [1.29, 1.82) is 0 Å². The first kappa shape index (κ1) is 33.6. The molecular weight excluding hydrogens is 604 g/mol. The van der Waals surface area contributed by atoms with Crippen LogP contribution in [0.15, 0.2) is 66.7 Å². The smallest absolute Gasteiger partial charge is 0.425 e. The fourth-order valence-electron chi connectivity index (χ4n) is 4.22. The standard InChI is InChI=1S/C44H20N2O3/c1-3-4-5-6-7-8-9-10-11-12-13-14-15-16-17-18-19-20-21-26-33-48-43-34-37(32-31-36(43)2)45-46-44(47)49-35-42-40-29-24-22-27-38(40)39-28-23-25-30-41(39)42/h1,22-25,27-32,34,42,45H,35H2,2H3,(H,46,47). The average molecular weight is 625 g/mol. The summed E-state index contributed by atoms with van der Waals surface area (Å²) in [5.74, 6) is 50.1. The van der Waals surface area contributed by atoms with E-state index in [1.165, 1.54) is 0 Å². The van der Waals surface area contributed by atoms with Crippen LogP contribution in [0.4, 0.5) is 10.5 Å². The average Bonchev–Trinajstić information content (AvgIpc) is 3.45. The second kappa shape index (κ2) is 19.2. The minimum Gasteiger partial charge on any atom is -0.447 e. The van der Waals surface area contributed by atoms with E-state index in [2.05, 4.69) is 160 Å². The Labute approximate surface area is 286 Å². The number of hydrogen-bond acceptors (Lipinski definition) is 4. The van der Waals surface area contributed by atoms with Gasteiger partial charge in [-0.3, -0.25) is 5.43 Å². The Kier molecular flexibility index (Phi) is 13.1. The molecule has 49 heavy (non-hydrogen) atoms. The maximum Gasteiger partial charge on any atom is 0.425 e. The highest BCUT2D eigenvalue weighted by Gasteiger charge is 2.28. The first-order chi connectivity index (χ1) is 24.2. The number of hydrogen-bond donors (Lipinski definition) is 2. The molecule has 0 unspecified atom stereocenters. The van der Waals surface area contributed by atoms with Crippen LogP contribution >= 0.6 is 0 Å². The van der Waals surface area contributed by atoms with Crippen LogP contribution < -0.4 is 15.6 Å². The summed E-state index contributed by atoms with van der Waals surface area (Å²) in [5.41, 5.74) is 11.4. The van der Waals surface area contributed by atoms with Gasteiger partial charge in [-0.1, -0.05) is 54.6 Å². The number of amides is 1. The van der Waals surface area contributed by atoms with Gasteiger partial charge in [0, 0.05) is 83.0 Å². The summed E-state index contributed by atoms with van der Waals surface area (Å²) in [6.45, 7) is 2.07. The van der Waals surface area contributed by atoms with E-state index in [4.69, 9.17) is 15.9 Å². The molecule has 2 N–H and O–H groups in total. The molecule has 0 bridgehead atoms. The van der Waals surface area contributed by atoms with Gasteiger partial charge in [-0.2, -0.15) is 0 Å². The highest BCUT2D eigenvalue weighted by atomic mass is 16.6. The summed E-state index contributed by atoms with van der Waals surface area (Å²) in [4.78, 5) is 12.5. The Bertz CT molecular complexity index is 2440. The minimum atomic E-state index is -0.606. The van der Waals surface area contributed by atoms with E-state index in [1.54, 1.807) is 12.1 Å². The maximum atomic E-state index is 12.5. The summed E-state index contributed by atoms with van der Waals surface area (Å²) in [6.07, 6.45) is 6.87. The van der Waals surface area contributed by atoms with E-state index in [-0.39, 0.29) is 12.5 Å². The van der Waals surface area contributed by atoms with Crippen LogP contribution in [-0.4, -0.2) is 12.7 Å². The van der Waals surface area contributed by atoms with Gasteiger partial charge in [0.15, 0.2) is 0 Å². The fourth-order valence-corrected chi connectivity index (χ4v) is 4.22. The molecular formula is C44H20N2O3. The zero-order valence-corrected chi connectivity index (χ0v) is 25.9. The number of nitrogens with one attached hydrogen (secondary N) is 2. The molecule has 0 fully saturated rings. The topological polar surface area (TPSA) is 59.6 Å². The molecule has 0 atom stereocenters. The molecule has 0 heterocycles. The number of hydrazine groups is 1. The lowest BCUT2D eigenvalue weighted by atomic mass is 9.98. The van der Waals surface area contributed by atoms with Crippen molar-refractivity contribution < 1.29 is 14.3 Å². The number of terminal acetylenes is 1. The SMILES string of the molecule is C#CC#CC#CC#CC#CC#CC#CC#CC#CC#CC#COc1cc(NNC(=O)OCC2c3ccccc3-c3ccccc32)ccc1C. The van der Waals surface area contributed by atoms with E-state index in [0.29, 0.717) is 11.4 Å². The Morgan fingerprint density at radius 3 is 1.63 bits per heavy atom. The van der Waals surface area contributed by atoms with Crippen molar-refractivity contribution in [3.05, 3.63) is 83.4 Å². The lowest BCUT2D eigenvalue weighted by molar-refractivity contribution is 0.145. The van der Waals surface area contributed by atoms with Crippen LogP contribution in [0.3, 0.4) is 0 Å². The van der Waals surface area contributed by atoms with Crippen LogP contribution in [0.2, 0.25) is 0 Å². The number of aryl methyl sites for hydroxylation is 1. The molecule has 1 aliphatic carbocycles. The molecule has 0 saturated heterocycles. The predicted molar refractivity (Wildman–Crippen MR) is 190 cm³/mol. The molecule has 3 aromatic rings. The quantitative estimate of drug-likeness (QED) is 0.315. The molecule has 0 saturated carbocycles. The van der Waals surface area contributed by atoms with Gasteiger partial charge >= 0.3 is 6.09 Å². The Morgan fingerprint density at radius 2 is 1.12 bits per heavy atom. The number of ether oxygens (including phenoxy) is 2. The number of carbonyl (C=O) groups excluding carboxylic acids is 1. The van der Waals surface area contributed by atoms with Crippen LogP contribution in [0.5, 0.6) is 5.75 Å². The minimum absolute atomic E-state index is 0.0316. The number of fused-ring (bicyclic) bond motifs is 3. The van der Waals surface area contributed by atoms with E-state index >= 15 is 0 Å². The third kappa shape index (κ3) is 11.0. The number of benzene rings is 3. The molecule has 1 amide bonds. The third-order valence-corrected chi connectivity index (χ3v) is 6.25. The zero-order chi connectivity index (χ0) is 34.4. The van der Waals surface area contributed by atoms with E-state index in [1.807, 2.05) is 37.3 Å². The van der Waals surface area contributed by atoms with Gasteiger partial charge in [-0.15, -0.1) is 6.42 Å². The Morgan fingerprint density at radius 1 is 0.653 bits per heavy atom. The molecule has 4 rings (SSSR count). The van der Waals surface area contributed by atoms with Crippen molar-refractivity contribution in [2.45, 2.75) is 12.8 Å². The summed E-state index contributed by atoms with van der Waals surface area (Å²) in [6, 6.07) is 21.6. The second-order valence-electron chi connectivity index (χ2n) is 9.28. The monoisotopic (exact) mass is 624 g/mol. The van der Waals surface area contributed by atoms with E-state index in [0.717, 1.165) is 27.8 Å². The van der Waals surface area contributed by atoms with Crippen molar-refractivity contribution in [2.75, 3.05) is 12.0 Å². The first-order valence-electron chi connectivity index (χ1n) is 14.3. The Balaban J connectivity index is 1.20. The van der Waals surface area contributed by atoms with Crippen molar-refractivity contribution in [3.8, 4) is 148 Å². The highest BCUT2D eigenvalue weighted by Crippen LogP contribution is 2.44. The van der Waals surface area contributed by atoms with Crippen LogP contribution in [-0.2, 0) is 4.74 Å². The van der Waals surface area contributed by atoms with Crippen LogP contribution in [0.1, 0.15) is 22.6 Å². The van der Waals surface area contributed by atoms with Gasteiger partial charge in [0.2, 0.25) is 0 Å². The number of rotatable bonds is 5. The molecule has 224 valence electrons. The molecule has 3 aromatic carbocycles. The van der Waals surface area contributed by atoms with Crippen molar-refractivity contribution in [2.24, 2.45) is 0 Å². The normalized spacial score (nSPS) is 8.57. The van der Waals surface area contributed by atoms with Crippen molar-refractivity contribution in [1.82, 2.24) is 5.43 Å². The predicted octanol–water partition coefficient (Wildman–Crippen LogP) is 4.86. The zero-order valence-electron chi connectivity index (χ0n) is 25.9. The molecule has 0 radical (unpaired) electrons. The fraction of sp³-hybridized carbons (Fsp3) is 0.0682. The van der Waals surface area contributed by atoms with Crippen LogP contribution in [0, 0.1) is 138 Å². The van der Waals surface area contributed by atoms with E-state index < -0.39 is 6.09 Å². The van der Waals surface area contributed by atoms with Crippen LogP contribution in [0.25, 0.3) is 11.1 Å². The summed E-state index contributed by atoms with van der Waals surface area (Å²) in [7, 11) is 0. The molecule has 0 spiro atoms. The number of carbonyl (C=O) groups is 1. The number of anilines is 1. The molecule has 5 nitrogen and oxygen atoms in total. The largest absolute Gasteiger partial charge is 0.447 e. The van der Waals surface area contributed by atoms with Gasteiger partial charge < -0.3 is 9.47 Å². The van der Waals surface area contributed by atoms with Gasteiger partial charge in [-0.05, 0) is 88.2 Å². The lowest BCUT2D eigenvalue weighted by Crippen LogP contribution is -2.31. The third-order valence-electron chi connectivity index (χ3n) is 6.25. The molecule has 1 aliphatic rings. The first-order valence-corrected chi connectivity index (χ1v) is 14.3. The van der Waals surface area contributed by atoms with Crippen molar-refractivity contribution >= 4 is 11.8 Å².